The molecule has 1 amide bonds. The summed E-state index contributed by atoms with van der Waals surface area (Å²) in [5, 5.41) is 3.65. The average Bonchev–Trinajstić information content (AvgIpc) is 3.19. The zero-order valence-corrected chi connectivity index (χ0v) is 21.6. The number of halogens is 2. The SMILES string of the molecule is COc1cc(OC)c(F)c(-c2ccc3c(NC(=O)c4ccc(N5CCCN(C)CC5)cc4)c[nH]c3c2)c1F. The summed E-state index contributed by atoms with van der Waals surface area (Å²) in [6, 6.07) is 13.7. The molecule has 38 heavy (non-hydrogen) atoms. The number of amides is 1. The van der Waals surface area contributed by atoms with Gasteiger partial charge in [0.1, 0.15) is 0 Å². The summed E-state index contributed by atoms with van der Waals surface area (Å²) in [5.74, 6) is -2.12. The number of aromatic nitrogens is 1. The number of anilines is 2. The number of carbonyl (C=O) groups excluding carboxylic acids is 1. The summed E-state index contributed by atoms with van der Waals surface area (Å²) in [6.07, 6.45) is 2.76. The molecular weight excluding hydrogens is 490 g/mol. The van der Waals surface area contributed by atoms with E-state index in [1.807, 2.05) is 24.3 Å². The number of H-pyrrole nitrogens is 1. The van der Waals surface area contributed by atoms with E-state index in [4.69, 9.17) is 9.47 Å². The third-order valence-corrected chi connectivity index (χ3v) is 7.01. The number of carbonyl (C=O) groups is 1. The second kappa shape index (κ2) is 10.7. The molecule has 0 unspecified atom stereocenters. The summed E-state index contributed by atoms with van der Waals surface area (Å²) in [6.45, 7) is 4.04. The zero-order valence-electron chi connectivity index (χ0n) is 21.6. The van der Waals surface area contributed by atoms with Crippen molar-refractivity contribution in [2.45, 2.75) is 6.42 Å². The van der Waals surface area contributed by atoms with Crippen LogP contribution in [0.2, 0.25) is 0 Å². The number of hydrogen-bond donors (Lipinski definition) is 2. The van der Waals surface area contributed by atoms with Crippen molar-refractivity contribution in [3.8, 4) is 22.6 Å². The fourth-order valence-electron chi connectivity index (χ4n) is 4.85. The summed E-state index contributed by atoms with van der Waals surface area (Å²) in [5.41, 5.74) is 2.88. The number of hydrogen-bond acceptors (Lipinski definition) is 5. The van der Waals surface area contributed by atoms with Crippen molar-refractivity contribution in [1.29, 1.82) is 0 Å². The summed E-state index contributed by atoms with van der Waals surface area (Å²) < 4.78 is 40.1. The molecule has 2 N–H and O–H groups in total. The largest absolute Gasteiger partial charge is 0.494 e. The fraction of sp³-hybridized carbons (Fsp3) is 0.276. The number of fused-ring (bicyclic) bond motifs is 1. The van der Waals surface area contributed by atoms with Crippen molar-refractivity contribution in [2.24, 2.45) is 0 Å². The Bertz CT molecular complexity index is 1440. The van der Waals surface area contributed by atoms with Gasteiger partial charge in [0.05, 0.1) is 25.5 Å². The van der Waals surface area contributed by atoms with Gasteiger partial charge >= 0.3 is 0 Å². The van der Waals surface area contributed by atoms with Gasteiger partial charge in [0.15, 0.2) is 23.1 Å². The van der Waals surface area contributed by atoms with E-state index in [2.05, 4.69) is 27.1 Å². The smallest absolute Gasteiger partial charge is 0.255 e. The summed E-state index contributed by atoms with van der Waals surface area (Å²) in [7, 11) is 4.75. The average molecular weight is 521 g/mol. The molecule has 0 bridgehead atoms. The minimum Gasteiger partial charge on any atom is -0.494 e. The van der Waals surface area contributed by atoms with Gasteiger partial charge in [-0.3, -0.25) is 4.79 Å². The van der Waals surface area contributed by atoms with E-state index in [9.17, 15) is 13.6 Å². The van der Waals surface area contributed by atoms with Crippen LogP contribution in [0.15, 0.2) is 54.7 Å². The first-order chi connectivity index (χ1) is 18.4. The van der Waals surface area contributed by atoms with Crippen LogP contribution in [-0.4, -0.2) is 63.2 Å². The maximum absolute atomic E-state index is 15.0. The number of aromatic amines is 1. The highest BCUT2D eigenvalue weighted by Gasteiger charge is 2.22. The molecule has 0 aliphatic carbocycles. The number of likely N-dealkylation sites (N-methyl/N-ethyl adjacent to an activating group) is 1. The van der Waals surface area contributed by atoms with E-state index in [-0.39, 0.29) is 23.0 Å². The van der Waals surface area contributed by atoms with Crippen LogP contribution in [0.1, 0.15) is 16.8 Å². The predicted molar refractivity (Wildman–Crippen MR) is 145 cm³/mol. The lowest BCUT2D eigenvalue weighted by molar-refractivity contribution is 0.102. The van der Waals surface area contributed by atoms with Gasteiger partial charge in [-0.15, -0.1) is 0 Å². The second-order valence-electron chi connectivity index (χ2n) is 9.39. The molecule has 5 rings (SSSR count). The van der Waals surface area contributed by atoms with Crippen LogP contribution in [0, 0.1) is 11.6 Å². The molecule has 3 aromatic carbocycles. The number of benzene rings is 3. The van der Waals surface area contributed by atoms with E-state index < -0.39 is 11.6 Å². The van der Waals surface area contributed by atoms with Gasteiger partial charge in [-0.05, 0) is 55.9 Å². The fourth-order valence-corrected chi connectivity index (χ4v) is 4.85. The van der Waals surface area contributed by atoms with E-state index in [1.165, 1.54) is 20.3 Å². The number of ether oxygens (including phenoxy) is 2. The molecule has 9 heteroatoms. The molecular formula is C29H30F2N4O3. The minimum atomic E-state index is -0.819. The monoisotopic (exact) mass is 520 g/mol. The Hall–Kier alpha value is -4.11. The van der Waals surface area contributed by atoms with Gasteiger partial charge in [-0.1, -0.05) is 12.1 Å². The summed E-state index contributed by atoms with van der Waals surface area (Å²) >= 11 is 0. The Labute approximate surface area is 220 Å². The predicted octanol–water partition coefficient (Wildman–Crippen LogP) is 5.52. The van der Waals surface area contributed by atoms with Gasteiger partial charge in [0.2, 0.25) is 0 Å². The first-order valence-electron chi connectivity index (χ1n) is 12.5. The summed E-state index contributed by atoms with van der Waals surface area (Å²) in [4.78, 5) is 20.7. The number of nitrogens with one attached hydrogen (secondary N) is 2. The van der Waals surface area contributed by atoms with Crippen molar-refractivity contribution < 1.29 is 23.0 Å². The highest BCUT2D eigenvalue weighted by molar-refractivity contribution is 6.09. The molecule has 2 heterocycles. The van der Waals surface area contributed by atoms with Gasteiger partial charge < -0.3 is 29.6 Å². The lowest BCUT2D eigenvalue weighted by Crippen LogP contribution is -2.28. The molecule has 1 aliphatic rings. The van der Waals surface area contributed by atoms with Crippen LogP contribution >= 0.6 is 0 Å². The first kappa shape index (κ1) is 25.5. The minimum absolute atomic E-state index is 0.119. The molecule has 0 spiro atoms. The third kappa shape index (κ3) is 4.89. The van der Waals surface area contributed by atoms with Gasteiger partial charge in [-0.25, -0.2) is 8.78 Å². The third-order valence-electron chi connectivity index (χ3n) is 7.01. The molecule has 0 saturated carbocycles. The van der Waals surface area contributed by atoms with Crippen LogP contribution in [0.25, 0.3) is 22.0 Å². The van der Waals surface area contributed by atoms with E-state index in [0.717, 1.165) is 38.3 Å². The number of nitrogens with zero attached hydrogens (tertiary/aromatic N) is 2. The Morgan fingerprint density at radius 3 is 2.32 bits per heavy atom. The van der Waals surface area contributed by atoms with Crippen LogP contribution in [0.3, 0.4) is 0 Å². The molecule has 1 fully saturated rings. The van der Waals surface area contributed by atoms with Crippen molar-refractivity contribution in [1.82, 2.24) is 9.88 Å². The lowest BCUT2D eigenvalue weighted by atomic mass is 10.0. The van der Waals surface area contributed by atoms with Gasteiger partial charge in [-0.2, -0.15) is 0 Å². The van der Waals surface area contributed by atoms with E-state index in [1.54, 1.807) is 24.4 Å². The number of rotatable bonds is 6. The molecule has 4 aromatic rings. The Kier molecular flexibility index (Phi) is 7.20. The second-order valence-corrected chi connectivity index (χ2v) is 9.39. The van der Waals surface area contributed by atoms with Crippen LogP contribution in [-0.2, 0) is 0 Å². The Morgan fingerprint density at radius 2 is 1.63 bits per heavy atom. The molecule has 7 nitrogen and oxygen atoms in total. The van der Waals surface area contributed by atoms with Crippen molar-refractivity contribution in [2.75, 3.05) is 57.7 Å². The highest BCUT2D eigenvalue weighted by atomic mass is 19.1. The topological polar surface area (TPSA) is 69.8 Å². The first-order valence-corrected chi connectivity index (χ1v) is 12.5. The van der Waals surface area contributed by atoms with Crippen LogP contribution in [0.5, 0.6) is 11.5 Å². The normalized spacial score (nSPS) is 14.4. The van der Waals surface area contributed by atoms with Crippen molar-refractivity contribution >= 4 is 28.2 Å². The molecule has 1 saturated heterocycles. The maximum atomic E-state index is 15.0. The van der Waals surface area contributed by atoms with Crippen molar-refractivity contribution in [3.05, 3.63) is 71.9 Å². The van der Waals surface area contributed by atoms with Crippen molar-refractivity contribution in [3.63, 3.8) is 0 Å². The van der Waals surface area contributed by atoms with Crippen LogP contribution < -0.4 is 19.7 Å². The van der Waals surface area contributed by atoms with E-state index in [0.29, 0.717) is 27.7 Å². The van der Waals surface area contributed by atoms with Crippen LogP contribution in [0.4, 0.5) is 20.2 Å². The quantitative estimate of drug-likeness (QED) is 0.350. The Morgan fingerprint density at radius 1 is 0.921 bits per heavy atom. The molecule has 1 aromatic heterocycles. The Balaban J connectivity index is 1.36. The molecule has 198 valence electrons. The lowest BCUT2D eigenvalue weighted by Gasteiger charge is -2.23. The van der Waals surface area contributed by atoms with Gasteiger partial charge in [0.25, 0.3) is 5.91 Å². The molecule has 0 atom stereocenters. The number of methoxy groups -OCH3 is 2. The maximum Gasteiger partial charge on any atom is 0.255 e. The van der Waals surface area contributed by atoms with Gasteiger partial charge in [0, 0.05) is 54.1 Å². The standard InChI is InChI=1S/C29H30F2N4O3/c1-34-11-4-12-35(14-13-34)20-8-5-18(6-9-20)29(36)33-23-17-32-22-15-19(7-10-21(22)23)26-27(30)24(37-2)16-25(38-3)28(26)31/h5-10,15-17,32H,4,11-14H2,1-3H3,(H,33,36). The molecule has 0 radical (unpaired) electrons. The zero-order chi connectivity index (χ0) is 26.8. The highest BCUT2D eigenvalue weighted by Crippen LogP contribution is 2.39. The molecule has 1 aliphatic heterocycles. The van der Waals surface area contributed by atoms with E-state index >= 15 is 0 Å².